The quantitative estimate of drug-likeness (QED) is 0.761. The van der Waals surface area contributed by atoms with E-state index in [-0.39, 0.29) is 11.4 Å². The molecule has 0 radical (unpaired) electrons. The van der Waals surface area contributed by atoms with Crippen molar-refractivity contribution in [2.24, 2.45) is 0 Å². The van der Waals surface area contributed by atoms with E-state index in [1.54, 1.807) is 0 Å². The van der Waals surface area contributed by atoms with Gasteiger partial charge in [0.15, 0.2) is 5.82 Å². The first kappa shape index (κ1) is 15.0. The number of nitrogens with one attached hydrogen (secondary N) is 1. The van der Waals surface area contributed by atoms with Crippen molar-refractivity contribution in [3.63, 3.8) is 0 Å². The number of nitrogens with zero attached hydrogens (tertiary/aromatic N) is 4. The Morgan fingerprint density at radius 3 is 2.84 bits per heavy atom. The maximum absolute atomic E-state index is 13.6. The summed E-state index contributed by atoms with van der Waals surface area (Å²) >= 11 is 6.32. The molecule has 25 heavy (non-hydrogen) atoms. The summed E-state index contributed by atoms with van der Waals surface area (Å²) in [4.78, 5) is 9.16. The van der Waals surface area contributed by atoms with Crippen LogP contribution in [0.5, 0.6) is 0 Å². The first-order chi connectivity index (χ1) is 12.2. The summed E-state index contributed by atoms with van der Waals surface area (Å²) in [6.45, 7) is 2.62. The molecular weight excluding hydrogens is 341 g/mol. The van der Waals surface area contributed by atoms with Crippen molar-refractivity contribution in [3.8, 4) is 0 Å². The van der Waals surface area contributed by atoms with Gasteiger partial charge >= 0.3 is 0 Å². The average Bonchev–Trinajstić information content (AvgIpc) is 3.24. The van der Waals surface area contributed by atoms with E-state index in [0.29, 0.717) is 10.5 Å². The van der Waals surface area contributed by atoms with E-state index in [9.17, 15) is 4.39 Å². The summed E-state index contributed by atoms with van der Waals surface area (Å²) in [5.74, 6) is 1.49. The molecule has 2 fully saturated rings. The Bertz CT molecular complexity index is 937. The van der Waals surface area contributed by atoms with Crippen LogP contribution in [0.3, 0.4) is 0 Å². The second kappa shape index (κ2) is 5.33. The number of pyridine rings is 1. The van der Waals surface area contributed by atoms with Gasteiger partial charge in [0, 0.05) is 25.8 Å². The van der Waals surface area contributed by atoms with Crippen LogP contribution in [0.2, 0.25) is 5.02 Å². The van der Waals surface area contributed by atoms with Crippen LogP contribution in [0, 0.1) is 5.82 Å². The third-order valence-electron chi connectivity index (χ3n) is 5.27. The molecule has 2 aromatic heterocycles. The largest absolute Gasteiger partial charge is 0.352 e. The summed E-state index contributed by atoms with van der Waals surface area (Å²) in [5, 5.41) is 8.61. The minimum absolute atomic E-state index is 0.0651. The molecule has 0 bridgehead atoms. The van der Waals surface area contributed by atoms with Crippen LogP contribution in [0.4, 0.5) is 16.0 Å². The number of aromatic nitrogens is 3. The number of H-pyrrole nitrogens is 1. The summed E-state index contributed by atoms with van der Waals surface area (Å²) in [5.41, 5.74) is 0.707. The van der Waals surface area contributed by atoms with Crippen LogP contribution >= 0.6 is 11.6 Å². The van der Waals surface area contributed by atoms with Gasteiger partial charge < -0.3 is 9.80 Å². The average molecular weight is 358 g/mol. The number of halogens is 2. The Morgan fingerprint density at radius 2 is 2.08 bits per heavy atom. The highest BCUT2D eigenvalue weighted by Gasteiger charge is 2.52. The van der Waals surface area contributed by atoms with Crippen molar-refractivity contribution >= 4 is 34.1 Å². The fourth-order valence-electron chi connectivity index (χ4n) is 3.87. The van der Waals surface area contributed by atoms with Gasteiger partial charge in [-0.3, -0.25) is 5.10 Å². The number of piperazine rings is 1. The summed E-state index contributed by atoms with van der Waals surface area (Å²) in [6.07, 6.45) is 4.06. The predicted molar refractivity (Wildman–Crippen MR) is 96.8 cm³/mol. The number of benzene rings is 1. The zero-order valence-electron chi connectivity index (χ0n) is 13.5. The van der Waals surface area contributed by atoms with Crippen LogP contribution in [-0.4, -0.2) is 40.4 Å². The van der Waals surface area contributed by atoms with Gasteiger partial charge in [0.05, 0.1) is 21.5 Å². The molecule has 1 aliphatic heterocycles. The van der Waals surface area contributed by atoms with Gasteiger partial charge in [-0.25, -0.2) is 9.37 Å². The normalized spacial score (nSPS) is 19.0. The minimum Gasteiger partial charge on any atom is -0.352 e. The molecule has 1 aliphatic carbocycles. The van der Waals surface area contributed by atoms with Gasteiger partial charge in [0.1, 0.15) is 11.6 Å². The molecule has 0 atom stereocenters. The molecular formula is C18H17ClFN5. The van der Waals surface area contributed by atoms with Crippen LogP contribution in [0.15, 0.2) is 36.5 Å². The highest BCUT2D eigenvalue weighted by atomic mass is 35.5. The third-order valence-corrected chi connectivity index (χ3v) is 5.57. The van der Waals surface area contributed by atoms with E-state index >= 15 is 0 Å². The van der Waals surface area contributed by atoms with Gasteiger partial charge in [-0.1, -0.05) is 17.7 Å². The molecule has 2 aliphatic rings. The van der Waals surface area contributed by atoms with Crippen molar-refractivity contribution in [3.05, 3.63) is 47.4 Å². The molecule has 3 aromatic rings. The maximum Gasteiger partial charge on any atom is 0.160 e. The van der Waals surface area contributed by atoms with E-state index in [4.69, 9.17) is 11.6 Å². The molecule has 0 amide bonds. The molecule has 3 heterocycles. The molecule has 0 unspecified atom stereocenters. The summed E-state index contributed by atoms with van der Waals surface area (Å²) in [7, 11) is 0. The summed E-state index contributed by atoms with van der Waals surface area (Å²) < 4.78 is 13.6. The fraction of sp³-hybridized carbons (Fsp3) is 0.333. The lowest BCUT2D eigenvalue weighted by Crippen LogP contribution is -2.55. The highest BCUT2D eigenvalue weighted by molar-refractivity contribution is 6.36. The Morgan fingerprint density at radius 1 is 1.20 bits per heavy atom. The smallest absolute Gasteiger partial charge is 0.160 e. The van der Waals surface area contributed by atoms with Crippen molar-refractivity contribution in [1.82, 2.24) is 15.2 Å². The number of aromatic amines is 1. The SMILES string of the molecule is Fc1cc(Cl)c2c(N3CCN(c4ccccn4)CC34CC4)n[nH]c2c1. The van der Waals surface area contributed by atoms with Gasteiger partial charge in [0.25, 0.3) is 0 Å². The van der Waals surface area contributed by atoms with E-state index in [0.717, 1.165) is 49.5 Å². The molecule has 5 rings (SSSR count). The van der Waals surface area contributed by atoms with Gasteiger partial charge in [0.2, 0.25) is 0 Å². The van der Waals surface area contributed by atoms with Crippen LogP contribution in [0.1, 0.15) is 12.8 Å². The topological polar surface area (TPSA) is 48.1 Å². The van der Waals surface area contributed by atoms with Gasteiger partial charge in [-0.2, -0.15) is 5.10 Å². The molecule has 7 heteroatoms. The van der Waals surface area contributed by atoms with Crippen LogP contribution in [0.25, 0.3) is 10.9 Å². The Balaban J connectivity index is 1.51. The van der Waals surface area contributed by atoms with Crippen LogP contribution < -0.4 is 9.80 Å². The monoisotopic (exact) mass is 357 g/mol. The minimum atomic E-state index is -0.353. The van der Waals surface area contributed by atoms with Crippen molar-refractivity contribution in [2.75, 3.05) is 29.4 Å². The number of anilines is 2. The Labute approximate surface area is 149 Å². The standard InChI is InChI=1S/C18H17ClFN5/c19-13-9-12(20)10-14-16(13)17(23-22-14)25-8-7-24(11-18(25)4-5-18)15-3-1-2-6-21-15/h1-3,6,9-10H,4-5,7-8,11H2,(H,22,23). The number of rotatable bonds is 2. The van der Waals surface area contributed by atoms with Crippen molar-refractivity contribution in [2.45, 2.75) is 18.4 Å². The maximum atomic E-state index is 13.6. The molecule has 1 saturated heterocycles. The highest BCUT2D eigenvalue weighted by Crippen LogP contribution is 2.48. The second-order valence-electron chi connectivity index (χ2n) is 6.84. The zero-order chi connectivity index (χ0) is 17.0. The second-order valence-corrected chi connectivity index (χ2v) is 7.25. The van der Waals surface area contributed by atoms with Crippen molar-refractivity contribution in [1.29, 1.82) is 0 Å². The molecule has 1 aromatic carbocycles. The third kappa shape index (κ3) is 2.35. The van der Waals surface area contributed by atoms with Gasteiger partial charge in [-0.15, -0.1) is 0 Å². The summed E-state index contributed by atoms with van der Waals surface area (Å²) in [6, 6.07) is 8.80. The zero-order valence-corrected chi connectivity index (χ0v) is 14.3. The van der Waals surface area contributed by atoms with Crippen LogP contribution in [-0.2, 0) is 0 Å². The number of fused-ring (bicyclic) bond motifs is 1. The first-order valence-electron chi connectivity index (χ1n) is 8.43. The molecule has 5 nitrogen and oxygen atoms in total. The van der Waals surface area contributed by atoms with E-state index in [1.807, 2.05) is 18.3 Å². The first-order valence-corrected chi connectivity index (χ1v) is 8.81. The predicted octanol–water partition coefficient (Wildman–Crippen LogP) is 3.61. The Kier molecular flexibility index (Phi) is 3.19. The lowest BCUT2D eigenvalue weighted by Gasteiger charge is -2.43. The van der Waals surface area contributed by atoms with E-state index in [1.165, 1.54) is 12.1 Å². The van der Waals surface area contributed by atoms with Crippen molar-refractivity contribution < 1.29 is 4.39 Å². The van der Waals surface area contributed by atoms with Gasteiger partial charge in [-0.05, 0) is 37.1 Å². The molecule has 1 spiro atoms. The molecule has 1 saturated carbocycles. The van der Waals surface area contributed by atoms with E-state index in [2.05, 4.69) is 31.0 Å². The lowest BCUT2D eigenvalue weighted by molar-refractivity contribution is 0.503. The molecule has 1 N–H and O–H groups in total. The number of hydrogen-bond donors (Lipinski definition) is 1. The fourth-order valence-corrected chi connectivity index (χ4v) is 4.16. The number of hydrogen-bond acceptors (Lipinski definition) is 4. The lowest BCUT2D eigenvalue weighted by atomic mass is 10.1. The van der Waals surface area contributed by atoms with E-state index < -0.39 is 0 Å². The Hall–Kier alpha value is -2.34. The molecule has 128 valence electrons.